The molecule has 2 N–H and O–H groups in total. The van der Waals surface area contributed by atoms with Gasteiger partial charge in [-0.25, -0.2) is 4.98 Å². The molecule has 0 aliphatic heterocycles. The van der Waals surface area contributed by atoms with Gasteiger partial charge in [-0.1, -0.05) is 0 Å². The second-order valence-corrected chi connectivity index (χ2v) is 8.12. The van der Waals surface area contributed by atoms with Gasteiger partial charge in [-0.15, -0.1) is 0 Å². The molecule has 2 aromatic rings. The van der Waals surface area contributed by atoms with E-state index in [-0.39, 0.29) is 23.3 Å². The smallest absolute Gasteiger partial charge is 0.364 e. The van der Waals surface area contributed by atoms with Crippen molar-refractivity contribution in [2.24, 2.45) is 5.41 Å². The fraction of sp³-hybridized carbons (Fsp3) is 0.556. The molecule has 0 radical (unpaired) electrons. The lowest BCUT2D eigenvalue weighted by atomic mass is 10.2. The predicted octanol–water partition coefficient (Wildman–Crippen LogP) is 4.18. The molecule has 2 aliphatic rings. The highest BCUT2D eigenvalue weighted by atomic mass is 19.4. The van der Waals surface area contributed by atoms with E-state index in [9.17, 15) is 18.4 Å². The number of anilines is 3. The Balaban J connectivity index is 1.59. The summed E-state index contributed by atoms with van der Waals surface area (Å²) in [6.45, 7) is 5.51. The van der Waals surface area contributed by atoms with Crippen molar-refractivity contribution in [2.75, 3.05) is 10.6 Å². The summed E-state index contributed by atoms with van der Waals surface area (Å²) in [5.74, 6) is -0.171. The van der Waals surface area contributed by atoms with E-state index in [4.69, 9.17) is 0 Å². The van der Waals surface area contributed by atoms with Crippen LogP contribution >= 0.6 is 0 Å². The van der Waals surface area contributed by atoms with E-state index < -0.39 is 17.2 Å². The van der Waals surface area contributed by atoms with Crippen LogP contribution in [-0.2, 0) is 6.18 Å². The van der Waals surface area contributed by atoms with Gasteiger partial charge in [0.25, 0.3) is 0 Å². The van der Waals surface area contributed by atoms with Crippen molar-refractivity contribution in [3.8, 4) is 6.07 Å². The molecule has 28 heavy (non-hydrogen) atoms. The van der Waals surface area contributed by atoms with Gasteiger partial charge in [0.15, 0.2) is 0 Å². The Morgan fingerprint density at radius 1 is 1.32 bits per heavy atom. The number of aryl methyl sites for hydroxylation is 1. The lowest BCUT2D eigenvalue weighted by Crippen LogP contribution is -2.21. The van der Waals surface area contributed by atoms with Crippen LogP contribution in [0.1, 0.15) is 50.4 Å². The standard InChI is InChI=1S/C18H20F3N7/c1-10-12(8-28(27-10)13-6-16(13,2)9-22)24-15-23-7-11(18(19,20)21)14(25-15)26-17(3)4-5-17/h7-8,13H,4-6H2,1-3H3,(H2,23,24,25,26)/t13?,16-/m0/s1. The molecule has 2 saturated carbocycles. The summed E-state index contributed by atoms with van der Waals surface area (Å²) in [5, 5.41) is 19.5. The summed E-state index contributed by atoms with van der Waals surface area (Å²) in [6.07, 6.45) is 0.286. The van der Waals surface area contributed by atoms with Gasteiger partial charge in [-0.2, -0.15) is 28.5 Å². The van der Waals surface area contributed by atoms with E-state index in [1.165, 1.54) is 0 Å². The number of nitriles is 1. The summed E-state index contributed by atoms with van der Waals surface area (Å²) >= 11 is 0. The molecular weight excluding hydrogens is 371 g/mol. The van der Waals surface area contributed by atoms with Gasteiger partial charge in [0.1, 0.15) is 11.4 Å². The molecule has 0 bridgehead atoms. The molecular formula is C18H20F3N7. The first kappa shape index (κ1) is 18.5. The van der Waals surface area contributed by atoms with E-state index in [0.29, 0.717) is 17.8 Å². The first-order chi connectivity index (χ1) is 13.0. The molecule has 0 spiro atoms. The van der Waals surface area contributed by atoms with Gasteiger partial charge >= 0.3 is 6.18 Å². The molecule has 2 aromatic heterocycles. The Hall–Kier alpha value is -2.83. The molecule has 0 amide bonds. The fourth-order valence-corrected chi connectivity index (χ4v) is 3.08. The number of aromatic nitrogens is 4. The third kappa shape index (κ3) is 3.37. The summed E-state index contributed by atoms with van der Waals surface area (Å²) < 4.78 is 41.6. The fourth-order valence-electron chi connectivity index (χ4n) is 3.08. The van der Waals surface area contributed by atoms with Crippen molar-refractivity contribution >= 4 is 17.5 Å². The highest BCUT2D eigenvalue weighted by Gasteiger charge is 2.53. The zero-order valence-electron chi connectivity index (χ0n) is 15.7. The molecule has 10 heteroatoms. The zero-order chi connectivity index (χ0) is 20.3. The number of nitrogens with zero attached hydrogens (tertiary/aromatic N) is 5. The lowest BCUT2D eigenvalue weighted by Gasteiger charge is -2.18. The summed E-state index contributed by atoms with van der Waals surface area (Å²) in [7, 11) is 0. The van der Waals surface area contributed by atoms with Crippen LogP contribution in [0, 0.1) is 23.7 Å². The minimum Gasteiger partial charge on any atom is -0.364 e. The molecule has 0 saturated heterocycles. The molecule has 7 nitrogen and oxygen atoms in total. The van der Waals surface area contributed by atoms with Crippen molar-refractivity contribution in [1.29, 1.82) is 5.26 Å². The maximum Gasteiger partial charge on any atom is 0.421 e. The van der Waals surface area contributed by atoms with Crippen LogP contribution in [0.5, 0.6) is 0 Å². The molecule has 0 aromatic carbocycles. The Bertz CT molecular complexity index is 971. The normalized spacial score (nSPS) is 25.1. The number of hydrogen-bond acceptors (Lipinski definition) is 6. The Kier molecular flexibility index (Phi) is 3.86. The molecule has 2 atom stereocenters. The van der Waals surface area contributed by atoms with Crippen molar-refractivity contribution in [3.05, 3.63) is 23.7 Å². The number of rotatable bonds is 5. The Morgan fingerprint density at radius 3 is 2.61 bits per heavy atom. The zero-order valence-corrected chi connectivity index (χ0v) is 15.7. The maximum atomic E-state index is 13.3. The van der Waals surface area contributed by atoms with Crippen molar-refractivity contribution in [3.63, 3.8) is 0 Å². The van der Waals surface area contributed by atoms with Gasteiger partial charge in [-0.3, -0.25) is 4.68 Å². The van der Waals surface area contributed by atoms with E-state index in [1.807, 2.05) is 13.8 Å². The van der Waals surface area contributed by atoms with Crippen molar-refractivity contribution < 1.29 is 13.2 Å². The van der Waals surface area contributed by atoms with Crippen LogP contribution in [0.25, 0.3) is 0 Å². The van der Waals surface area contributed by atoms with Gasteiger partial charge < -0.3 is 10.6 Å². The van der Waals surface area contributed by atoms with E-state index >= 15 is 0 Å². The lowest BCUT2D eigenvalue weighted by molar-refractivity contribution is -0.137. The second-order valence-electron chi connectivity index (χ2n) is 8.12. The third-order valence-corrected chi connectivity index (χ3v) is 5.44. The Morgan fingerprint density at radius 2 is 2.04 bits per heavy atom. The highest BCUT2D eigenvalue weighted by Crippen LogP contribution is 2.55. The van der Waals surface area contributed by atoms with Crippen LogP contribution in [0.4, 0.5) is 30.6 Å². The summed E-state index contributed by atoms with van der Waals surface area (Å²) in [6, 6.07) is 2.27. The van der Waals surface area contributed by atoms with Gasteiger partial charge in [-0.05, 0) is 40.0 Å². The van der Waals surface area contributed by atoms with Crippen molar-refractivity contribution in [1.82, 2.24) is 19.7 Å². The van der Waals surface area contributed by atoms with E-state index in [1.54, 1.807) is 17.8 Å². The number of hydrogen-bond donors (Lipinski definition) is 2. The summed E-state index contributed by atoms with van der Waals surface area (Å²) in [5.41, 5.74) is -0.436. The molecule has 2 heterocycles. The second kappa shape index (κ2) is 5.83. The first-order valence-electron chi connectivity index (χ1n) is 8.99. The molecule has 1 unspecified atom stereocenters. The molecule has 2 aliphatic carbocycles. The molecule has 148 valence electrons. The number of halogens is 3. The Labute approximate surface area is 160 Å². The highest BCUT2D eigenvalue weighted by molar-refractivity contribution is 5.59. The van der Waals surface area contributed by atoms with Crippen LogP contribution in [0.15, 0.2) is 12.4 Å². The van der Waals surface area contributed by atoms with Crippen LogP contribution < -0.4 is 10.6 Å². The maximum absolute atomic E-state index is 13.3. The summed E-state index contributed by atoms with van der Waals surface area (Å²) in [4.78, 5) is 7.91. The molecule has 4 rings (SSSR count). The monoisotopic (exact) mass is 391 g/mol. The SMILES string of the molecule is Cc1nn(C2C[C@@]2(C)C#N)cc1Nc1ncc(C(F)(F)F)c(NC2(C)CC2)n1. The average molecular weight is 391 g/mol. The third-order valence-electron chi connectivity index (χ3n) is 5.44. The largest absolute Gasteiger partial charge is 0.421 e. The van der Waals surface area contributed by atoms with E-state index in [0.717, 1.165) is 19.0 Å². The minimum absolute atomic E-state index is 0.00711. The number of nitrogens with one attached hydrogen (secondary N) is 2. The first-order valence-corrected chi connectivity index (χ1v) is 8.99. The molecule has 2 fully saturated rings. The van der Waals surface area contributed by atoms with Crippen LogP contribution in [0.2, 0.25) is 0 Å². The van der Waals surface area contributed by atoms with Crippen LogP contribution in [0.3, 0.4) is 0 Å². The van der Waals surface area contributed by atoms with Crippen molar-refractivity contribution in [2.45, 2.75) is 57.8 Å². The van der Waals surface area contributed by atoms with Crippen LogP contribution in [-0.4, -0.2) is 25.3 Å². The average Bonchev–Trinajstić information content (AvgIpc) is 3.47. The predicted molar refractivity (Wildman–Crippen MR) is 95.9 cm³/mol. The van der Waals surface area contributed by atoms with Gasteiger partial charge in [0, 0.05) is 17.9 Å². The number of alkyl halides is 3. The van der Waals surface area contributed by atoms with Gasteiger partial charge in [0.05, 0.1) is 28.9 Å². The van der Waals surface area contributed by atoms with Gasteiger partial charge in [0.2, 0.25) is 5.95 Å². The minimum atomic E-state index is -4.54. The van der Waals surface area contributed by atoms with E-state index in [2.05, 4.69) is 31.8 Å². The quantitative estimate of drug-likeness (QED) is 0.794. The topological polar surface area (TPSA) is 91.5 Å².